The Morgan fingerprint density at radius 3 is 2.38 bits per heavy atom. The number of ether oxygens (including phenoxy) is 2. The molecule has 0 aromatic heterocycles. The molecule has 0 spiro atoms. The third-order valence-electron chi connectivity index (χ3n) is 2.54. The van der Waals surface area contributed by atoms with E-state index in [1.165, 1.54) is 5.56 Å². The van der Waals surface area contributed by atoms with Gasteiger partial charge in [0.05, 0.1) is 18.7 Å². The van der Waals surface area contributed by atoms with Crippen molar-refractivity contribution in [3.05, 3.63) is 21.7 Å². The monoisotopic (exact) mass is 287 g/mol. The first kappa shape index (κ1) is 13.3. The first-order valence-electron chi connectivity index (χ1n) is 5.20. The minimum atomic E-state index is 0.838. The average Bonchev–Trinajstić information content (AvgIpc) is 2.26. The molecule has 90 valence electrons. The standard InChI is InChI=1S/C12H18BrNO2/c1-8-11(15-3)9(5-6-14-2)7-10(13)12(8)16-4/h7,14H,5-6H2,1-4H3. The van der Waals surface area contributed by atoms with Crippen LogP contribution in [0.2, 0.25) is 0 Å². The SMILES string of the molecule is CNCCc1cc(Br)c(OC)c(C)c1OC. The molecule has 1 rings (SSSR count). The maximum absolute atomic E-state index is 5.44. The van der Waals surface area contributed by atoms with E-state index in [1.807, 2.05) is 14.0 Å². The van der Waals surface area contributed by atoms with Crippen LogP contribution in [0.3, 0.4) is 0 Å². The van der Waals surface area contributed by atoms with Gasteiger partial charge < -0.3 is 14.8 Å². The van der Waals surface area contributed by atoms with Gasteiger partial charge in [-0.05, 0) is 54.5 Å². The van der Waals surface area contributed by atoms with Gasteiger partial charge in [-0.1, -0.05) is 0 Å². The number of rotatable bonds is 5. The van der Waals surface area contributed by atoms with E-state index in [2.05, 4.69) is 27.3 Å². The van der Waals surface area contributed by atoms with Crippen molar-refractivity contribution in [2.45, 2.75) is 13.3 Å². The van der Waals surface area contributed by atoms with Crippen molar-refractivity contribution in [2.24, 2.45) is 0 Å². The van der Waals surface area contributed by atoms with Crippen molar-refractivity contribution >= 4 is 15.9 Å². The molecule has 0 heterocycles. The van der Waals surface area contributed by atoms with Gasteiger partial charge in [-0.15, -0.1) is 0 Å². The van der Waals surface area contributed by atoms with Crippen molar-refractivity contribution in [2.75, 3.05) is 27.8 Å². The van der Waals surface area contributed by atoms with Gasteiger partial charge in [0.25, 0.3) is 0 Å². The van der Waals surface area contributed by atoms with Crippen LogP contribution in [0, 0.1) is 6.92 Å². The molecule has 0 saturated heterocycles. The van der Waals surface area contributed by atoms with Crippen LogP contribution in [0.15, 0.2) is 10.5 Å². The van der Waals surface area contributed by atoms with Gasteiger partial charge in [0.15, 0.2) is 0 Å². The summed E-state index contributed by atoms with van der Waals surface area (Å²) >= 11 is 3.51. The quantitative estimate of drug-likeness (QED) is 0.903. The van der Waals surface area contributed by atoms with E-state index in [0.29, 0.717) is 0 Å². The molecule has 16 heavy (non-hydrogen) atoms. The molecule has 0 aliphatic rings. The predicted octanol–water partition coefficient (Wildman–Crippen LogP) is 2.54. The Hall–Kier alpha value is -0.740. The maximum Gasteiger partial charge on any atom is 0.139 e. The summed E-state index contributed by atoms with van der Waals surface area (Å²) in [5.41, 5.74) is 2.22. The molecule has 0 aliphatic carbocycles. The molecule has 0 saturated carbocycles. The van der Waals surface area contributed by atoms with Crippen LogP contribution in [-0.4, -0.2) is 27.8 Å². The number of methoxy groups -OCH3 is 2. The van der Waals surface area contributed by atoms with Gasteiger partial charge in [0, 0.05) is 5.56 Å². The Morgan fingerprint density at radius 2 is 1.88 bits per heavy atom. The van der Waals surface area contributed by atoms with E-state index in [-0.39, 0.29) is 0 Å². The lowest BCUT2D eigenvalue weighted by atomic mass is 10.1. The summed E-state index contributed by atoms with van der Waals surface area (Å²) in [5.74, 6) is 1.75. The average molecular weight is 288 g/mol. The number of hydrogen-bond acceptors (Lipinski definition) is 3. The third kappa shape index (κ3) is 2.68. The molecule has 4 heteroatoms. The van der Waals surface area contributed by atoms with Crippen LogP contribution in [-0.2, 0) is 6.42 Å². The summed E-state index contributed by atoms with van der Waals surface area (Å²) in [4.78, 5) is 0. The summed E-state index contributed by atoms with van der Waals surface area (Å²) < 4.78 is 11.7. The van der Waals surface area contributed by atoms with Crippen LogP contribution in [0.25, 0.3) is 0 Å². The summed E-state index contributed by atoms with van der Waals surface area (Å²) in [6, 6.07) is 2.06. The van der Waals surface area contributed by atoms with Crippen molar-refractivity contribution in [1.82, 2.24) is 5.32 Å². The summed E-state index contributed by atoms with van der Waals surface area (Å²) in [7, 11) is 5.30. The molecule has 0 radical (unpaired) electrons. The van der Waals surface area contributed by atoms with Crippen molar-refractivity contribution < 1.29 is 9.47 Å². The Bertz CT molecular complexity index is 367. The fourth-order valence-electron chi connectivity index (χ4n) is 1.79. The molecule has 0 amide bonds. The highest BCUT2D eigenvalue weighted by Crippen LogP contribution is 2.38. The van der Waals surface area contributed by atoms with Crippen LogP contribution >= 0.6 is 15.9 Å². The molecule has 0 aliphatic heterocycles. The summed E-state index contributed by atoms with van der Waals surface area (Å²) in [5, 5.41) is 3.13. The largest absolute Gasteiger partial charge is 0.496 e. The van der Waals surface area contributed by atoms with Crippen molar-refractivity contribution in [3.8, 4) is 11.5 Å². The zero-order valence-corrected chi connectivity index (χ0v) is 11.8. The molecule has 0 bridgehead atoms. The zero-order chi connectivity index (χ0) is 12.1. The van der Waals surface area contributed by atoms with Crippen molar-refractivity contribution in [3.63, 3.8) is 0 Å². The molecule has 0 atom stereocenters. The Morgan fingerprint density at radius 1 is 1.25 bits per heavy atom. The lowest BCUT2D eigenvalue weighted by Crippen LogP contribution is -2.11. The van der Waals surface area contributed by atoms with E-state index in [4.69, 9.17) is 9.47 Å². The smallest absolute Gasteiger partial charge is 0.139 e. The van der Waals surface area contributed by atoms with Crippen LogP contribution in [0.4, 0.5) is 0 Å². The molecule has 1 aromatic rings. The highest BCUT2D eigenvalue weighted by atomic mass is 79.9. The van der Waals surface area contributed by atoms with Crippen molar-refractivity contribution in [1.29, 1.82) is 0 Å². The first-order valence-corrected chi connectivity index (χ1v) is 5.99. The molecular formula is C12H18BrNO2. The molecule has 3 nitrogen and oxygen atoms in total. The highest BCUT2D eigenvalue weighted by Gasteiger charge is 2.14. The third-order valence-corrected chi connectivity index (χ3v) is 3.13. The summed E-state index contributed by atoms with van der Waals surface area (Å²) in [6.45, 7) is 2.93. The fraction of sp³-hybridized carbons (Fsp3) is 0.500. The zero-order valence-electron chi connectivity index (χ0n) is 10.2. The fourth-order valence-corrected chi connectivity index (χ4v) is 2.52. The minimum absolute atomic E-state index is 0.838. The summed E-state index contributed by atoms with van der Waals surface area (Å²) in [6.07, 6.45) is 0.934. The first-order chi connectivity index (χ1) is 7.65. The van der Waals surface area contributed by atoms with Crippen LogP contribution in [0.5, 0.6) is 11.5 Å². The number of likely N-dealkylation sites (N-methyl/N-ethyl adjacent to an activating group) is 1. The maximum atomic E-state index is 5.44. The predicted molar refractivity (Wildman–Crippen MR) is 69.6 cm³/mol. The van der Waals surface area contributed by atoms with E-state index in [9.17, 15) is 0 Å². The Kier molecular flexibility index (Phi) is 5.09. The Labute approximate surface area is 105 Å². The molecule has 1 aromatic carbocycles. The normalized spacial score (nSPS) is 10.3. The van der Waals surface area contributed by atoms with E-state index in [1.54, 1.807) is 14.2 Å². The molecular weight excluding hydrogens is 270 g/mol. The van der Waals surface area contributed by atoms with Gasteiger partial charge in [-0.2, -0.15) is 0 Å². The van der Waals surface area contributed by atoms with Gasteiger partial charge in [-0.25, -0.2) is 0 Å². The second-order valence-corrected chi connectivity index (χ2v) is 4.42. The lowest BCUT2D eigenvalue weighted by Gasteiger charge is -2.16. The van der Waals surface area contributed by atoms with Crippen LogP contribution < -0.4 is 14.8 Å². The lowest BCUT2D eigenvalue weighted by molar-refractivity contribution is 0.383. The molecule has 1 N–H and O–H groups in total. The Balaban J connectivity index is 3.18. The van der Waals surface area contributed by atoms with E-state index < -0.39 is 0 Å². The number of halogens is 1. The second-order valence-electron chi connectivity index (χ2n) is 3.56. The minimum Gasteiger partial charge on any atom is -0.496 e. The van der Waals surface area contributed by atoms with Crippen LogP contribution in [0.1, 0.15) is 11.1 Å². The number of hydrogen-bond donors (Lipinski definition) is 1. The van der Waals surface area contributed by atoms with E-state index in [0.717, 1.165) is 34.5 Å². The number of nitrogens with one attached hydrogen (secondary N) is 1. The van der Waals surface area contributed by atoms with Gasteiger partial charge >= 0.3 is 0 Å². The highest BCUT2D eigenvalue weighted by molar-refractivity contribution is 9.10. The topological polar surface area (TPSA) is 30.5 Å². The van der Waals surface area contributed by atoms with Gasteiger partial charge in [0.2, 0.25) is 0 Å². The number of benzene rings is 1. The van der Waals surface area contributed by atoms with Gasteiger partial charge in [-0.3, -0.25) is 0 Å². The molecule has 0 unspecified atom stereocenters. The second kappa shape index (κ2) is 6.11. The molecule has 0 fully saturated rings. The van der Waals surface area contributed by atoms with E-state index >= 15 is 0 Å². The van der Waals surface area contributed by atoms with Gasteiger partial charge in [0.1, 0.15) is 11.5 Å².